The van der Waals surface area contributed by atoms with Crippen LogP contribution in [0.3, 0.4) is 0 Å². The second kappa shape index (κ2) is 6.69. The fraction of sp³-hybridized carbons (Fsp3) is 0.667. The standard InChI is InChI=1S/C18H28N2O/c1-14(16-5-4-6-16)19-17-7-2-3-8-18(17)20-11-9-15(13-21)10-12-20/h2-3,7-8,14-16,19,21H,4-6,9-13H2,1H3. The normalized spacial score (nSPS) is 21.9. The molecule has 2 N–H and O–H groups in total. The zero-order valence-corrected chi connectivity index (χ0v) is 13.1. The molecular formula is C18H28N2O. The van der Waals surface area contributed by atoms with Crippen LogP contribution in [-0.4, -0.2) is 30.8 Å². The van der Waals surface area contributed by atoms with Crippen molar-refractivity contribution in [2.45, 2.75) is 45.1 Å². The molecule has 2 aliphatic rings. The Morgan fingerprint density at radius 3 is 2.52 bits per heavy atom. The minimum atomic E-state index is 0.340. The van der Waals surface area contributed by atoms with E-state index in [2.05, 4.69) is 41.4 Å². The molecule has 0 spiro atoms. The van der Waals surface area contributed by atoms with Gasteiger partial charge in [0.1, 0.15) is 0 Å². The highest BCUT2D eigenvalue weighted by atomic mass is 16.3. The van der Waals surface area contributed by atoms with Gasteiger partial charge in [0.25, 0.3) is 0 Å². The van der Waals surface area contributed by atoms with Crippen molar-refractivity contribution in [1.82, 2.24) is 0 Å². The topological polar surface area (TPSA) is 35.5 Å². The number of nitrogens with zero attached hydrogens (tertiary/aromatic N) is 1. The molecule has 21 heavy (non-hydrogen) atoms. The molecular weight excluding hydrogens is 260 g/mol. The van der Waals surface area contributed by atoms with Gasteiger partial charge < -0.3 is 15.3 Å². The van der Waals surface area contributed by atoms with Gasteiger partial charge in [-0.15, -0.1) is 0 Å². The molecule has 1 aliphatic heterocycles. The summed E-state index contributed by atoms with van der Waals surface area (Å²) in [5.41, 5.74) is 2.61. The van der Waals surface area contributed by atoms with Crippen LogP contribution in [0.4, 0.5) is 11.4 Å². The Labute approximate surface area is 128 Å². The molecule has 2 fully saturated rings. The third-order valence-electron chi connectivity index (χ3n) is 5.36. The maximum Gasteiger partial charge on any atom is 0.0602 e. The van der Waals surface area contributed by atoms with E-state index in [0.717, 1.165) is 31.8 Å². The molecule has 116 valence electrons. The summed E-state index contributed by atoms with van der Waals surface area (Å²) in [6, 6.07) is 9.26. The number of benzene rings is 1. The van der Waals surface area contributed by atoms with Gasteiger partial charge in [0.05, 0.1) is 11.4 Å². The van der Waals surface area contributed by atoms with Crippen molar-refractivity contribution < 1.29 is 5.11 Å². The van der Waals surface area contributed by atoms with E-state index in [9.17, 15) is 5.11 Å². The maximum absolute atomic E-state index is 9.29. The highest BCUT2D eigenvalue weighted by molar-refractivity contribution is 5.70. The van der Waals surface area contributed by atoms with Gasteiger partial charge in [0.15, 0.2) is 0 Å². The van der Waals surface area contributed by atoms with Crippen LogP contribution in [0.15, 0.2) is 24.3 Å². The Kier molecular flexibility index (Phi) is 4.69. The van der Waals surface area contributed by atoms with E-state index in [-0.39, 0.29) is 0 Å². The van der Waals surface area contributed by atoms with Crippen molar-refractivity contribution in [1.29, 1.82) is 0 Å². The number of para-hydroxylation sites is 2. The molecule has 1 saturated carbocycles. The molecule has 0 bridgehead atoms. The summed E-state index contributed by atoms with van der Waals surface area (Å²) in [5.74, 6) is 1.34. The molecule has 3 rings (SSSR count). The van der Waals surface area contributed by atoms with Crippen molar-refractivity contribution >= 4 is 11.4 Å². The molecule has 0 radical (unpaired) electrons. The molecule has 1 heterocycles. The zero-order chi connectivity index (χ0) is 14.7. The zero-order valence-electron chi connectivity index (χ0n) is 13.1. The van der Waals surface area contributed by atoms with Crippen LogP contribution in [0, 0.1) is 11.8 Å². The molecule has 1 atom stereocenters. The highest BCUT2D eigenvalue weighted by Crippen LogP contribution is 2.34. The first-order chi connectivity index (χ1) is 10.3. The van der Waals surface area contributed by atoms with Crippen LogP contribution in [-0.2, 0) is 0 Å². The average molecular weight is 288 g/mol. The maximum atomic E-state index is 9.29. The van der Waals surface area contributed by atoms with Crippen LogP contribution >= 0.6 is 0 Å². The molecule has 1 aliphatic carbocycles. The van der Waals surface area contributed by atoms with Gasteiger partial charge in [-0.2, -0.15) is 0 Å². The largest absolute Gasteiger partial charge is 0.396 e. The van der Waals surface area contributed by atoms with E-state index in [1.54, 1.807) is 0 Å². The van der Waals surface area contributed by atoms with Crippen molar-refractivity contribution in [3.8, 4) is 0 Å². The van der Waals surface area contributed by atoms with Crippen LogP contribution in [0.2, 0.25) is 0 Å². The first-order valence-corrected chi connectivity index (χ1v) is 8.49. The molecule has 1 aromatic carbocycles. The molecule has 1 saturated heterocycles. The lowest BCUT2D eigenvalue weighted by atomic mass is 9.80. The second-order valence-electron chi connectivity index (χ2n) is 6.75. The first kappa shape index (κ1) is 14.7. The van der Waals surface area contributed by atoms with Gasteiger partial charge in [-0.1, -0.05) is 18.6 Å². The van der Waals surface area contributed by atoms with Gasteiger partial charge in [-0.25, -0.2) is 0 Å². The Bertz CT molecular complexity index is 450. The Morgan fingerprint density at radius 1 is 1.19 bits per heavy atom. The molecule has 0 amide bonds. The summed E-state index contributed by atoms with van der Waals surface area (Å²) in [4.78, 5) is 2.47. The lowest BCUT2D eigenvalue weighted by Gasteiger charge is -2.36. The van der Waals surface area contributed by atoms with Gasteiger partial charge >= 0.3 is 0 Å². The monoisotopic (exact) mass is 288 g/mol. The number of aliphatic hydroxyl groups excluding tert-OH is 1. The molecule has 1 unspecified atom stereocenters. The van der Waals surface area contributed by atoms with Gasteiger partial charge in [-0.05, 0) is 56.6 Å². The number of hydrogen-bond donors (Lipinski definition) is 2. The summed E-state index contributed by atoms with van der Waals surface area (Å²) in [5, 5.41) is 13.0. The van der Waals surface area contributed by atoms with E-state index in [0.29, 0.717) is 18.6 Å². The van der Waals surface area contributed by atoms with Gasteiger partial charge in [0, 0.05) is 25.7 Å². The Morgan fingerprint density at radius 2 is 1.90 bits per heavy atom. The number of anilines is 2. The third kappa shape index (κ3) is 3.34. The lowest BCUT2D eigenvalue weighted by Crippen LogP contribution is -2.36. The van der Waals surface area contributed by atoms with E-state index in [4.69, 9.17) is 0 Å². The van der Waals surface area contributed by atoms with Crippen LogP contribution in [0.1, 0.15) is 39.0 Å². The van der Waals surface area contributed by atoms with Crippen molar-refractivity contribution in [2.24, 2.45) is 11.8 Å². The predicted octanol–water partition coefficient (Wildman–Crippen LogP) is 3.50. The average Bonchev–Trinajstić information content (AvgIpc) is 2.46. The quantitative estimate of drug-likeness (QED) is 0.870. The number of nitrogens with one attached hydrogen (secondary N) is 1. The van der Waals surface area contributed by atoms with E-state index >= 15 is 0 Å². The summed E-state index contributed by atoms with van der Waals surface area (Å²) in [7, 11) is 0. The highest BCUT2D eigenvalue weighted by Gasteiger charge is 2.25. The van der Waals surface area contributed by atoms with Gasteiger partial charge in [0.2, 0.25) is 0 Å². The fourth-order valence-corrected chi connectivity index (χ4v) is 3.53. The van der Waals surface area contributed by atoms with Crippen molar-refractivity contribution in [3.63, 3.8) is 0 Å². The minimum absolute atomic E-state index is 0.340. The lowest BCUT2D eigenvalue weighted by molar-refractivity contribution is 0.203. The second-order valence-corrected chi connectivity index (χ2v) is 6.75. The minimum Gasteiger partial charge on any atom is -0.396 e. The fourth-order valence-electron chi connectivity index (χ4n) is 3.53. The Hall–Kier alpha value is -1.22. The Balaban J connectivity index is 1.67. The van der Waals surface area contributed by atoms with Crippen molar-refractivity contribution in [2.75, 3.05) is 29.9 Å². The van der Waals surface area contributed by atoms with Crippen LogP contribution < -0.4 is 10.2 Å². The number of piperidine rings is 1. The molecule has 3 nitrogen and oxygen atoms in total. The SMILES string of the molecule is CC(Nc1ccccc1N1CCC(CO)CC1)C1CCC1. The van der Waals surface area contributed by atoms with Gasteiger partial charge in [-0.3, -0.25) is 0 Å². The summed E-state index contributed by atoms with van der Waals surface area (Å²) in [6.07, 6.45) is 6.34. The predicted molar refractivity (Wildman–Crippen MR) is 88.9 cm³/mol. The van der Waals surface area contributed by atoms with E-state index < -0.39 is 0 Å². The summed E-state index contributed by atoms with van der Waals surface area (Å²) in [6.45, 7) is 4.77. The van der Waals surface area contributed by atoms with Crippen LogP contribution in [0.25, 0.3) is 0 Å². The van der Waals surface area contributed by atoms with E-state index in [1.807, 2.05) is 0 Å². The van der Waals surface area contributed by atoms with Crippen LogP contribution in [0.5, 0.6) is 0 Å². The number of rotatable bonds is 5. The number of hydrogen-bond acceptors (Lipinski definition) is 3. The number of aliphatic hydroxyl groups is 1. The summed E-state index contributed by atoms with van der Waals surface area (Å²) >= 11 is 0. The molecule has 1 aromatic rings. The smallest absolute Gasteiger partial charge is 0.0602 e. The summed E-state index contributed by atoms with van der Waals surface area (Å²) < 4.78 is 0. The molecule has 3 heteroatoms. The third-order valence-corrected chi connectivity index (χ3v) is 5.36. The van der Waals surface area contributed by atoms with E-state index in [1.165, 1.54) is 30.6 Å². The van der Waals surface area contributed by atoms with Crippen molar-refractivity contribution in [3.05, 3.63) is 24.3 Å². The first-order valence-electron chi connectivity index (χ1n) is 8.49. The molecule has 0 aromatic heterocycles.